The molecule has 1 fully saturated rings. The van der Waals surface area contributed by atoms with E-state index in [0.29, 0.717) is 16.2 Å². The third kappa shape index (κ3) is 5.86. The van der Waals surface area contributed by atoms with Gasteiger partial charge in [-0.3, -0.25) is 4.79 Å². The van der Waals surface area contributed by atoms with Crippen molar-refractivity contribution in [2.75, 3.05) is 13.1 Å². The number of likely N-dealkylation sites (tertiary alicyclic amines) is 1. The molecule has 1 saturated heterocycles. The molecule has 6 heteroatoms. The van der Waals surface area contributed by atoms with E-state index in [1.165, 1.54) is 0 Å². The Balaban J connectivity index is 0.000000860. The zero-order valence-electron chi connectivity index (χ0n) is 19.2. The maximum absolute atomic E-state index is 13.1. The van der Waals surface area contributed by atoms with Crippen LogP contribution in [-0.2, 0) is 0 Å². The number of amides is 1. The van der Waals surface area contributed by atoms with Crippen molar-refractivity contribution in [3.63, 3.8) is 0 Å². The number of hydrogen-bond acceptors (Lipinski definition) is 3. The zero-order chi connectivity index (χ0) is 23.7. The number of carboxylic acid groups (broad SMARTS) is 1. The lowest BCUT2D eigenvalue weighted by molar-refractivity contribution is 0.0694. The average Bonchev–Trinajstić information content (AvgIpc) is 2.86. The topological polar surface area (TPSA) is 70.5 Å². The third-order valence-electron chi connectivity index (χ3n) is 5.12. The number of piperidine rings is 1. The molecule has 0 unspecified atom stereocenters. The number of rotatable bonds is 3. The molecule has 2 heterocycles. The minimum absolute atomic E-state index is 0.0209. The van der Waals surface area contributed by atoms with Crippen LogP contribution in [0.25, 0.3) is 22.0 Å². The number of hydrogen-bond donors (Lipinski definition) is 1. The van der Waals surface area contributed by atoms with Crippen LogP contribution in [0.3, 0.4) is 0 Å². The van der Waals surface area contributed by atoms with Gasteiger partial charge in [-0.25, -0.2) is 9.78 Å². The second-order valence-corrected chi connectivity index (χ2v) is 7.35. The van der Waals surface area contributed by atoms with E-state index in [2.05, 4.69) is 4.98 Å². The second-order valence-electron chi connectivity index (χ2n) is 6.96. The SMILES string of the molecule is CC.CC.O=C(O)c1ccc(-c2ccc3nc(Cl)cc(C(=O)N4CCCCC4)c3c2)cc1. The summed E-state index contributed by atoms with van der Waals surface area (Å²) in [6.07, 6.45) is 3.19. The lowest BCUT2D eigenvalue weighted by Gasteiger charge is -2.27. The lowest BCUT2D eigenvalue weighted by atomic mass is 9.99. The summed E-state index contributed by atoms with van der Waals surface area (Å²) in [6, 6.07) is 14.0. The number of aromatic carboxylic acids is 1. The Kier molecular flexibility index (Phi) is 9.66. The van der Waals surface area contributed by atoms with E-state index in [0.717, 1.165) is 48.9 Å². The summed E-state index contributed by atoms with van der Waals surface area (Å²) in [5, 5.41) is 10.1. The Morgan fingerprint density at radius 2 is 1.47 bits per heavy atom. The number of aromatic nitrogens is 1. The monoisotopic (exact) mass is 454 g/mol. The third-order valence-corrected chi connectivity index (χ3v) is 5.31. The molecule has 32 heavy (non-hydrogen) atoms. The molecular weight excluding hydrogens is 424 g/mol. The van der Waals surface area contributed by atoms with Crippen molar-refractivity contribution in [2.24, 2.45) is 0 Å². The first kappa shape index (κ1) is 25.3. The summed E-state index contributed by atoms with van der Waals surface area (Å²) < 4.78 is 0. The van der Waals surface area contributed by atoms with Gasteiger partial charge >= 0.3 is 5.97 Å². The average molecular weight is 455 g/mol. The minimum atomic E-state index is -0.960. The first-order valence-corrected chi connectivity index (χ1v) is 11.6. The van der Waals surface area contributed by atoms with Gasteiger partial charge in [0.05, 0.1) is 16.6 Å². The van der Waals surface area contributed by atoms with Crippen molar-refractivity contribution in [1.82, 2.24) is 9.88 Å². The molecule has 1 amide bonds. The van der Waals surface area contributed by atoms with Crippen LogP contribution < -0.4 is 0 Å². The van der Waals surface area contributed by atoms with Gasteiger partial charge in [0, 0.05) is 18.5 Å². The summed E-state index contributed by atoms with van der Waals surface area (Å²) >= 11 is 6.17. The van der Waals surface area contributed by atoms with Crippen LogP contribution in [0.5, 0.6) is 0 Å². The highest BCUT2D eigenvalue weighted by Crippen LogP contribution is 2.29. The van der Waals surface area contributed by atoms with Crippen molar-refractivity contribution in [3.05, 3.63) is 64.8 Å². The summed E-state index contributed by atoms with van der Waals surface area (Å²) in [6.45, 7) is 9.52. The molecule has 4 rings (SSSR count). The minimum Gasteiger partial charge on any atom is -0.478 e. The van der Waals surface area contributed by atoms with E-state index in [1.54, 1.807) is 30.3 Å². The van der Waals surface area contributed by atoms with Gasteiger partial charge in [0.2, 0.25) is 0 Å². The first-order valence-electron chi connectivity index (χ1n) is 11.3. The molecule has 1 aliphatic rings. The first-order chi connectivity index (χ1) is 15.5. The number of nitrogens with zero attached hydrogens (tertiary/aromatic N) is 2. The van der Waals surface area contributed by atoms with E-state index < -0.39 is 5.97 Å². The summed E-state index contributed by atoms with van der Waals surface area (Å²) in [4.78, 5) is 30.4. The molecule has 0 radical (unpaired) electrons. The molecule has 3 aromatic rings. The predicted octanol–water partition coefficient (Wildman–Crippen LogP) is 6.93. The number of benzene rings is 2. The van der Waals surface area contributed by atoms with Crippen LogP contribution in [-0.4, -0.2) is 40.0 Å². The lowest BCUT2D eigenvalue weighted by Crippen LogP contribution is -2.35. The Labute approximate surface area is 195 Å². The van der Waals surface area contributed by atoms with Crippen LogP contribution in [0.4, 0.5) is 0 Å². The summed E-state index contributed by atoms with van der Waals surface area (Å²) in [5.74, 6) is -0.981. The molecular formula is C26H31ClN2O3. The molecule has 5 nitrogen and oxygen atoms in total. The number of carboxylic acids is 1. The Morgan fingerprint density at radius 1 is 0.875 bits per heavy atom. The van der Waals surface area contributed by atoms with Gasteiger partial charge in [-0.1, -0.05) is 57.5 Å². The molecule has 0 atom stereocenters. The maximum atomic E-state index is 13.1. The fourth-order valence-electron chi connectivity index (χ4n) is 3.62. The Morgan fingerprint density at radius 3 is 2.06 bits per heavy atom. The quantitative estimate of drug-likeness (QED) is 0.435. The van der Waals surface area contributed by atoms with E-state index >= 15 is 0 Å². The molecule has 1 aromatic heterocycles. The fraction of sp³-hybridized carbons (Fsp3) is 0.346. The number of carbonyl (C=O) groups excluding carboxylic acids is 1. The Bertz CT molecular complexity index is 1060. The van der Waals surface area contributed by atoms with Gasteiger partial charge in [0.15, 0.2) is 0 Å². The predicted molar refractivity (Wildman–Crippen MR) is 132 cm³/mol. The van der Waals surface area contributed by atoms with Gasteiger partial charge in [0.25, 0.3) is 5.91 Å². The van der Waals surface area contributed by atoms with E-state index in [-0.39, 0.29) is 11.5 Å². The zero-order valence-corrected chi connectivity index (χ0v) is 19.9. The highest BCUT2D eigenvalue weighted by atomic mass is 35.5. The highest BCUT2D eigenvalue weighted by Gasteiger charge is 2.21. The van der Waals surface area contributed by atoms with Crippen LogP contribution >= 0.6 is 11.6 Å². The van der Waals surface area contributed by atoms with Gasteiger partial charge in [-0.2, -0.15) is 0 Å². The van der Waals surface area contributed by atoms with Gasteiger partial charge < -0.3 is 10.0 Å². The highest BCUT2D eigenvalue weighted by molar-refractivity contribution is 6.30. The van der Waals surface area contributed by atoms with Gasteiger partial charge in [-0.05, 0) is 60.7 Å². The standard InChI is InChI=1S/C22H19ClN2O3.2C2H6/c23-20-13-18(21(26)25-10-2-1-3-11-25)17-12-16(8-9-19(17)24-20)14-4-6-15(7-5-14)22(27)28;2*1-2/h4-9,12-13H,1-3,10-11H2,(H,27,28);2*1-2H3. The maximum Gasteiger partial charge on any atom is 0.335 e. The molecule has 0 bridgehead atoms. The van der Waals surface area contributed by atoms with Gasteiger partial charge in [0.1, 0.15) is 5.15 Å². The molecule has 1 N–H and O–H groups in total. The van der Waals surface area contributed by atoms with Crippen molar-refractivity contribution in [1.29, 1.82) is 0 Å². The molecule has 0 spiro atoms. The van der Waals surface area contributed by atoms with Crippen LogP contribution in [0.15, 0.2) is 48.5 Å². The fourth-order valence-corrected chi connectivity index (χ4v) is 3.82. The number of fused-ring (bicyclic) bond motifs is 1. The van der Waals surface area contributed by atoms with E-state index in [1.807, 2.05) is 50.8 Å². The largest absolute Gasteiger partial charge is 0.478 e. The molecule has 0 saturated carbocycles. The smallest absolute Gasteiger partial charge is 0.335 e. The molecule has 0 aliphatic carbocycles. The van der Waals surface area contributed by atoms with Gasteiger partial charge in [-0.15, -0.1) is 0 Å². The van der Waals surface area contributed by atoms with E-state index in [4.69, 9.17) is 16.7 Å². The van der Waals surface area contributed by atoms with E-state index in [9.17, 15) is 9.59 Å². The van der Waals surface area contributed by atoms with Crippen molar-refractivity contribution in [3.8, 4) is 11.1 Å². The number of carbonyl (C=O) groups is 2. The van der Waals surface area contributed by atoms with Crippen molar-refractivity contribution in [2.45, 2.75) is 47.0 Å². The summed E-state index contributed by atoms with van der Waals surface area (Å²) in [7, 11) is 0. The molecule has 170 valence electrons. The number of halogens is 1. The second kappa shape index (κ2) is 12.2. The molecule has 1 aliphatic heterocycles. The van der Waals surface area contributed by atoms with Crippen LogP contribution in [0, 0.1) is 0 Å². The van der Waals surface area contributed by atoms with Crippen molar-refractivity contribution >= 4 is 34.4 Å². The normalized spacial score (nSPS) is 12.8. The van der Waals surface area contributed by atoms with Crippen LogP contribution in [0.2, 0.25) is 5.15 Å². The Hall–Kier alpha value is -2.92. The van der Waals surface area contributed by atoms with Crippen molar-refractivity contribution < 1.29 is 14.7 Å². The molecule has 2 aromatic carbocycles. The summed E-state index contributed by atoms with van der Waals surface area (Å²) in [5.41, 5.74) is 3.22. The number of pyridine rings is 1. The van der Waals surface area contributed by atoms with Crippen LogP contribution in [0.1, 0.15) is 67.7 Å².